The van der Waals surface area contributed by atoms with Crippen LogP contribution in [0.25, 0.3) is 0 Å². The molecular formula is C19H15ClN2O2S2. The Bertz CT molecular complexity index is 942. The van der Waals surface area contributed by atoms with E-state index in [0.717, 1.165) is 4.90 Å². The van der Waals surface area contributed by atoms with Crippen molar-refractivity contribution in [2.24, 2.45) is 0 Å². The van der Waals surface area contributed by atoms with Crippen molar-refractivity contribution in [2.45, 2.75) is 4.90 Å². The number of nitrogens with one attached hydrogen (secondary N) is 2. The molecule has 2 N–H and O–H groups in total. The first-order valence-corrected chi connectivity index (χ1v) is 10.1. The van der Waals surface area contributed by atoms with Gasteiger partial charge in [0.25, 0.3) is 11.8 Å². The average Bonchev–Trinajstić information content (AvgIpc) is 3.18. The Hall–Kier alpha value is -2.28. The maximum Gasteiger partial charge on any atom is 0.265 e. The second kappa shape index (κ2) is 8.40. The Balaban J connectivity index is 1.77. The van der Waals surface area contributed by atoms with E-state index in [1.807, 2.05) is 35.9 Å². The van der Waals surface area contributed by atoms with Crippen molar-refractivity contribution in [1.82, 2.24) is 0 Å². The highest BCUT2D eigenvalue weighted by Gasteiger charge is 2.13. The predicted molar refractivity (Wildman–Crippen MR) is 110 cm³/mol. The summed E-state index contributed by atoms with van der Waals surface area (Å²) in [4.78, 5) is 26.4. The van der Waals surface area contributed by atoms with Crippen LogP contribution in [0.2, 0.25) is 5.02 Å². The van der Waals surface area contributed by atoms with E-state index in [9.17, 15) is 9.59 Å². The summed E-state index contributed by atoms with van der Waals surface area (Å²) in [6, 6.07) is 15.9. The third-order valence-electron chi connectivity index (χ3n) is 3.55. The van der Waals surface area contributed by atoms with Crippen molar-refractivity contribution >= 4 is 57.9 Å². The molecule has 7 heteroatoms. The quantitative estimate of drug-likeness (QED) is 0.544. The predicted octanol–water partition coefficient (Wildman–Crippen LogP) is 5.63. The van der Waals surface area contributed by atoms with E-state index in [-0.39, 0.29) is 11.8 Å². The van der Waals surface area contributed by atoms with Gasteiger partial charge in [0, 0.05) is 16.1 Å². The van der Waals surface area contributed by atoms with Crippen LogP contribution in [-0.2, 0) is 0 Å². The van der Waals surface area contributed by atoms with Crippen LogP contribution in [0.3, 0.4) is 0 Å². The maximum absolute atomic E-state index is 12.5. The summed E-state index contributed by atoms with van der Waals surface area (Å²) in [5.41, 5.74) is 1.52. The lowest BCUT2D eigenvalue weighted by Gasteiger charge is -2.10. The molecule has 26 heavy (non-hydrogen) atoms. The third-order valence-corrected chi connectivity index (χ3v) is 5.47. The molecule has 3 rings (SSSR count). The van der Waals surface area contributed by atoms with Gasteiger partial charge >= 0.3 is 0 Å². The molecule has 0 aliphatic heterocycles. The summed E-state index contributed by atoms with van der Waals surface area (Å²) >= 11 is 9.10. The van der Waals surface area contributed by atoms with Crippen LogP contribution in [-0.4, -0.2) is 18.1 Å². The van der Waals surface area contributed by atoms with Gasteiger partial charge < -0.3 is 10.6 Å². The van der Waals surface area contributed by atoms with E-state index in [1.165, 1.54) is 11.3 Å². The normalized spacial score (nSPS) is 10.4. The summed E-state index contributed by atoms with van der Waals surface area (Å²) in [5, 5.41) is 7.79. The van der Waals surface area contributed by atoms with E-state index in [2.05, 4.69) is 10.6 Å². The summed E-state index contributed by atoms with van der Waals surface area (Å²) in [6.07, 6.45) is 1.97. The summed E-state index contributed by atoms with van der Waals surface area (Å²) < 4.78 is 0. The monoisotopic (exact) mass is 402 g/mol. The second-order valence-electron chi connectivity index (χ2n) is 5.31. The second-order valence-corrected chi connectivity index (χ2v) is 7.55. The molecule has 0 atom stereocenters. The molecule has 0 saturated carbocycles. The lowest BCUT2D eigenvalue weighted by molar-refractivity contribution is 0.101. The number of amides is 2. The van der Waals surface area contributed by atoms with Crippen molar-refractivity contribution in [3.8, 4) is 0 Å². The molecule has 4 nitrogen and oxygen atoms in total. The molecule has 2 amide bonds. The van der Waals surface area contributed by atoms with Crippen LogP contribution in [0.15, 0.2) is 64.9 Å². The fourth-order valence-electron chi connectivity index (χ4n) is 2.26. The highest BCUT2D eigenvalue weighted by molar-refractivity contribution is 7.98. The van der Waals surface area contributed by atoms with Crippen LogP contribution in [0.5, 0.6) is 0 Å². The summed E-state index contributed by atoms with van der Waals surface area (Å²) in [7, 11) is 0. The van der Waals surface area contributed by atoms with Crippen LogP contribution in [0.4, 0.5) is 11.4 Å². The standard InChI is InChI=1S/C19H15ClN2O2S2/c1-25-14-5-2-4-13(11-14)21-18(23)12-7-8-15(20)16(10-12)22-19(24)17-6-3-9-26-17/h2-11H,1H3,(H,21,23)(H,22,24). The zero-order valence-electron chi connectivity index (χ0n) is 13.8. The lowest BCUT2D eigenvalue weighted by atomic mass is 10.1. The fourth-order valence-corrected chi connectivity index (χ4v) is 3.50. The van der Waals surface area contributed by atoms with Gasteiger partial charge in [-0.1, -0.05) is 23.7 Å². The van der Waals surface area contributed by atoms with Crippen molar-refractivity contribution in [1.29, 1.82) is 0 Å². The van der Waals surface area contributed by atoms with Gasteiger partial charge in [0.2, 0.25) is 0 Å². The van der Waals surface area contributed by atoms with Crippen molar-refractivity contribution in [3.63, 3.8) is 0 Å². The number of thiophene rings is 1. The van der Waals surface area contributed by atoms with Crippen molar-refractivity contribution in [3.05, 3.63) is 75.4 Å². The number of anilines is 2. The van der Waals surface area contributed by atoms with Gasteiger partial charge in [-0.3, -0.25) is 9.59 Å². The van der Waals surface area contributed by atoms with Crippen molar-refractivity contribution < 1.29 is 9.59 Å². The molecule has 0 fully saturated rings. The molecule has 0 bridgehead atoms. The lowest BCUT2D eigenvalue weighted by Crippen LogP contribution is -2.14. The zero-order valence-corrected chi connectivity index (χ0v) is 16.2. The zero-order chi connectivity index (χ0) is 18.5. The molecule has 0 unspecified atom stereocenters. The Kier molecular flexibility index (Phi) is 5.98. The van der Waals surface area contributed by atoms with Gasteiger partial charge in [0.15, 0.2) is 0 Å². The molecule has 0 aliphatic rings. The van der Waals surface area contributed by atoms with Crippen LogP contribution < -0.4 is 10.6 Å². The number of thioether (sulfide) groups is 1. The largest absolute Gasteiger partial charge is 0.322 e. The molecule has 3 aromatic rings. The van der Waals surface area contributed by atoms with E-state index < -0.39 is 0 Å². The number of benzene rings is 2. The van der Waals surface area contributed by atoms with Gasteiger partial charge in [-0.15, -0.1) is 23.1 Å². The third kappa shape index (κ3) is 4.46. The summed E-state index contributed by atoms with van der Waals surface area (Å²) in [5.74, 6) is -0.529. The highest BCUT2D eigenvalue weighted by atomic mass is 35.5. The minimum atomic E-state index is -0.272. The number of hydrogen-bond acceptors (Lipinski definition) is 4. The molecule has 132 valence electrons. The Morgan fingerprint density at radius 2 is 1.85 bits per heavy atom. The maximum atomic E-state index is 12.5. The number of halogens is 1. The SMILES string of the molecule is CSc1cccc(NC(=O)c2ccc(Cl)c(NC(=O)c3cccs3)c2)c1. The van der Waals surface area contributed by atoms with Crippen LogP contribution in [0.1, 0.15) is 20.0 Å². The van der Waals surface area contributed by atoms with E-state index in [1.54, 1.807) is 42.1 Å². The van der Waals surface area contributed by atoms with Crippen LogP contribution >= 0.6 is 34.7 Å². The Morgan fingerprint density at radius 1 is 1.00 bits per heavy atom. The Morgan fingerprint density at radius 3 is 2.58 bits per heavy atom. The van der Waals surface area contributed by atoms with E-state index in [0.29, 0.717) is 26.8 Å². The molecule has 0 radical (unpaired) electrons. The number of carbonyl (C=O) groups excluding carboxylic acids is 2. The molecule has 1 aromatic heterocycles. The Labute approximate surface area is 164 Å². The molecule has 0 spiro atoms. The molecule has 0 saturated heterocycles. The smallest absolute Gasteiger partial charge is 0.265 e. The van der Waals surface area contributed by atoms with Gasteiger partial charge in [-0.05, 0) is 54.1 Å². The van der Waals surface area contributed by atoms with Gasteiger partial charge in [0.1, 0.15) is 0 Å². The summed E-state index contributed by atoms with van der Waals surface area (Å²) in [6.45, 7) is 0. The van der Waals surface area contributed by atoms with Crippen molar-refractivity contribution in [2.75, 3.05) is 16.9 Å². The topological polar surface area (TPSA) is 58.2 Å². The highest BCUT2D eigenvalue weighted by Crippen LogP contribution is 2.25. The molecule has 2 aromatic carbocycles. The van der Waals surface area contributed by atoms with Gasteiger partial charge in [-0.25, -0.2) is 0 Å². The number of rotatable bonds is 5. The molecule has 1 heterocycles. The van der Waals surface area contributed by atoms with E-state index in [4.69, 9.17) is 11.6 Å². The van der Waals surface area contributed by atoms with Crippen LogP contribution in [0, 0.1) is 0 Å². The van der Waals surface area contributed by atoms with E-state index >= 15 is 0 Å². The van der Waals surface area contributed by atoms with Gasteiger partial charge in [0.05, 0.1) is 15.6 Å². The first-order chi connectivity index (χ1) is 12.6. The molecule has 0 aliphatic carbocycles. The number of carbonyl (C=O) groups is 2. The minimum absolute atomic E-state index is 0.257. The first kappa shape index (κ1) is 18.5. The minimum Gasteiger partial charge on any atom is -0.322 e. The number of hydrogen-bond donors (Lipinski definition) is 2. The van der Waals surface area contributed by atoms with Gasteiger partial charge in [-0.2, -0.15) is 0 Å². The first-order valence-electron chi connectivity index (χ1n) is 7.66. The fraction of sp³-hybridized carbons (Fsp3) is 0.0526. The molecular weight excluding hydrogens is 388 g/mol. The average molecular weight is 403 g/mol.